The Balaban J connectivity index is 1.73. The molecular weight excluding hydrogens is 439 g/mol. The molecule has 3 aromatic carbocycles. The number of aryl methyl sites for hydroxylation is 1. The van der Waals surface area contributed by atoms with E-state index in [0.717, 1.165) is 14.8 Å². The highest BCUT2D eigenvalue weighted by molar-refractivity contribution is 14.1. The molecule has 0 spiro atoms. The van der Waals surface area contributed by atoms with Gasteiger partial charge in [-0.2, -0.15) is 0 Å². The van der Waals surface area contributed by atoms with Gasteiger partial charge in [0.1, 0.15) is 0 Å². The van der Waals surface area contributed by atoms with Crippen molar-refractivity contribution in [2.75, 3.05) is 10.6 Å². The fourth-order valence-corrected chi connectivity index (χ4v) is 2.92. The zero-order chi connectivity index (χ0) is 18.5. The number of carbonyl (C=O) groups is 2. The van der Waals surface area contributed by atoms with Gasteiger partial charge in [0.05, 0.1) is 0 Å². The van der Waals surface area contributed by atoms with Crippen molar-refractivity contribution in [1.82, 2.24) is 0 Å². The number of hydrogen-bond acceptors (Lipinski definition) is 2. The van der Waals surface area contributed by atoms with Gasteiger partial charge in [-0.1, -0.05) is 30.3 Å². The molecule has 26 heavy (non-hydrogen) atoms. The van der Waals surface area contributed by atoms with E-state index in [4.69, 9.17) is 0 Å². The minimum atomic E-state index is -0.225. The molecular formula is C21H17IN2O2. The summed E-state index contributed by atoms with van der Waals surface area (Å²) in [4.78, 5) is 24.8. The lowest BCUT2D eigenvalue weighted by molar-refractivity contribution is 0.101. The Bertz CT molecular complexity index is 955. The molecule has 2 amide bonds. The Kier molecular flexibility index (Phi) is 5.68. The predicted octanol–water partition coefficient (Wildman–Crippen LogP) is 5.10. The van der Waals surface area contributed by atoms with E-state index >= 15 is 0 Å². The predicted molar refractivity (Wildman–Crippen MR) is 113 cm³/mol. The van der Waals surface area contributed by atoms with Crippen molar-refractivity contribution in [3.8, 4) is 0 Å². The molecule has 0 saturated heterocycles. The molecule has 130 valence electrons. The van der Waals surface area contributed by atoms with Gasteiger partial charge in [-0.15, -0.1) is 0 Å². The van der Waals surface area contributed by atoms with Gasteiger partial charge in [0.2, 0.25) is 0 Å². The summed E-state index contributed by atoms with van der Waals surface area (Å²) in [5.74, 6) is -0.430. The number of hydrogen-bond donors (Lipinski definition) is 2. The van der Waals surface area contributed by atoms with E-state index in [1.54, 1.807) is 30.3 Å². The van der Waals surface area contributed by atoms with E-state index < -0.39 is 0 Å². The number of rotatable bonds is 4. The number of halogens is 1. The first-order valence-electron chi connectivity index (χ1n) is 8.07. The Morgan fingerprint density at radius 2 is 1.35 bits per heavy atom. The minimum Gasteiger partial charge on any atom is -0.322 e. The van der Waals surface area contributed by atoms with E-state index in [-0.39, 0.29) is 11.8 Å². The Morgan fingerprint density at radius 1 is 0.731 bits per heavy atom. The van der Waals surface area contributed by atoms with Crippen molar-refractivity contribution in [2.45, 2.75) is 6.92 Å². The van der Waals surface area contributed by atoms with Crippen LogP contribution in [0.1, 0.15) is 26.3 Å². The largest absolute Gasteiger partial charge is 0.322 e. The van der Waals surface area contributed by atoms with Crippen molar-refractivity contribution >= 4 is 45.8 Å². The lowest BCUT2D eigenvalue weighted by Crippen LogP contribution is -2.14. The third-order valence-corrected chi connectivity index (χ3v) is 5.01. The van der Waals surface area contributed by atoms with E-state index in [0.29, 0.717) is 16.8 Å². The molecule has 3 aromatic rings. The number of para-hydroxylation sites is 1. The van der Waals surface area contributed by atoms with E-state index in [2.05, 4.69) is 33.2 Å². The zero-order valence-electron chi connectivity index (χ0n) is 14.1. The van der Waals surface area contributed by atoms with Crippen molar-refractivity contribution in [3.05, 3.63) is 93.1 Å². The van der Waals surface area contributed by atoms with Crippen molar-refractivity contribution < 1.29 is 9.59 Å². The average Bonchev–Trinajstić information content (AvgIpc) is 2.65. The second-order valence-electron chi connectivity index (χ2n) is 5.82. The van der Waals surface area contributed by atoms with Gasteiger partial charge in [0.15, 0.2) is 0 Å². The minimum absolute atomic E-state index is 0.205. The number of nitrogens with one attached hydrogen (secondary N) is 2. The third-order valence-electron chi connectivity index (χ3n) is 3.85. The van der Waals surface area contributed by atoms with Crippen LogP contribution >= 0.6 is 22.6 Å². The van der Waals surface area contributed by atoms with Crippen LogP contribution in [0.15, 0.2) is 72.8 Å². The van der Waals surface area contributed by atoms with Gasteiger partial charge in [-0.3, -0.25) is 9.59 Å². The molecule has 3 rings (SSSR count). The molecule has 0 fully saturated rings. The Labute approximate surface area is 165 Å². The van der Waals surface area contributed by atoms with Crippen molar-refractivity contribution in [1.29, 1.82) is 0 Å². The monoisotopic (exact) mass is 456 g/mol. The molecule has 0 saturated carbocycles. The summed E-state index contributed by atoms with van der Waals surface area (Å²) in [6.07, 6.45) is 0. The van der Waals surface area contributed by atoms with Crippen molar-refractivity contribution in [3.63, 3.8) is 0 Å². The van der Waals surface area contributed by atoms with Crippen LogP contribution in [0.5, 0.6) is 0 Å². The van der Waals surface area contributed by atoms with E-state index in [9.17, 15) is 9.59 Å². The van der Waals surface area contributed by atoms with Gasteiger partial charge in [0.25, 0.3) is 11.8 Å². The molecule has 2 N–H and O–H groups in total. The lowest BCUT2D eigenvalue weighted by Gasteiger charge is -2.09. The van der Waals surface area contributed by atoms with Gasteiger partial charge in [-0.25, -0.2) is 0 Å². The number of carbonyl (C=O) groups excluding carboxylic acids is 2. The normalized spacial score (nSPS) is 10.2. The molecule has 0 aliphatic carbocycles. The topological polar surface area (TPSA) is 58.2 Å². The van der Waals surface area contributed by atoms with E-state index in [1.165, 1.54) is 0 Å². The molecule has 5 heteroatoms. The number of anilines is 2. The maximum absolute atomic E-state index is 12.4. The second kappa shape index (κ2) is 8.14. The summed E-state index contributed by atoms with van der Waals surface area (Å²) in [5, 5.41) is 5.67. The molecule has 0 atom stereocenters. The highest BCUT2D eigenvalue weighted by Crippen LogP contribution is 2.17. The molecule has 0 aromatic heterocycles. The van der Waals surface area contributed by atoms with Gasteiger partial charge in [-0.05, 0) is 77.5 Å². The molecule has 0 heterocycles. The van der Waals surface area contributed by atoms with Crippen LogP contribution in [0.4, 0.5) is 11.4 Å². The standard InChI is InChI=1S/C21H17IN2O2/c1-14-10-11-16(13-19(14)22)21(26)24-18-9-5-6-15(12-18)20(25)23-17-7-3-2-4-8-17/h2-13H,1H3,(H,23,25)(H,24,26). The maximum atomic E-state index is 12.4. The van der Waals surface area contributed by atoms with Gasteiger partial charge in [0, 0.05) is 26.1 Å². The average molecular weight is 456 g/mol. The first-order valence-corrected chi connectivity index (χ1v) is 9.15. The summed E-state index contributed by atoms with van der Waals surface area (Å²) in [6.45, 7) is 2.00. The van der Waals surface area contributed by atoms with E-state index in [1.807, 2.05) is 49.4 Å². The smallest absolute Gasteiger partial charge is 0.255 e. The lowest BCUT2D eigenvalue weighted by atomic mass is 10.1. The van der Waals surface area contributed by atoms with Crippen LogP contribution in [0, 0.1) is 10.5 Å². The molecule has 0 aliphatic rings. The summed E-state index contributed by atoms with van der Waals surface area (Å²) in [5.41, 5.74) is 3.48. The van der Waals surface area contributed by atoms with Crippen LogP contribution in [-0.4, -0.2) is 11.8 Å². The molecule has 0 unspecified atom stereocenters. The maximum Gasteiger partial charge on any atom is 0.255 e. The first kappa shape index (κ1) is 18.1. The summed E-state index contributed by atoms with van der Waals surface area (Å²) >= 11 is 2.21. The fourth-order valence-electron chi connectivity index (χ4n) is 2.40. The van der Waals surface area contributed by atoms with Crippen LogP contribution in [0.3, 0.4) is 0 Å². The molecule has 0 aliphatic heterocycles. The Morgan fingerprint density at radius 3 is 2.04 bits per heavy atom. The zero-order valence-corrected chi connectivity index (χ0v) is 16.3. The third kappa shape index (κ3) is 4.49. The van der Waals surface area contributed by atoms with Crippen LogP contribution < -0.4 is 10.6 Å². The molecule has 4 nitrogen and oxygen atoms in total. The second-order valence-corrected chi connectivity index (χ2v) is 6.98. The Hall–Kier alpha value is -2.67. The van der Waals surface area contributed by atoms with Gasteiger partial charge < -0.3 is 10.6 Å². The number of amides is 2. The SMILES string of the molecule is Cc1ccc(C(=O)Nc2cccc(C(=O)Nc3ccccc3)c2)cc1I. The summed E-state index contributed by atoms with van der Waals surface area (Å²) in [7, 11) is 0. The highest BCUT2D eigenvalue weighted by Gasteiger charge is 2.10. The molecule has 0 bridgehead atoms. The quantitative estimate of drug-likeness (QED) is 0.537. The van der Waals surface area contributed by atoms with Crippen LogP contribution in [-0.2, 0) is 0 Å². The van der Waals surface area contributed by atoms with Crippen molar-refractivity contribution in [2.24, 2.45) is 0 Å². The highest BCUT2D eigenvalue weighted by atomic mass is 127. The van der Waals surface area contributed by atoms with Crippen LogP contribution in [0.25, 0.3) is 0 Å². The fraction of sp³-hybridized carbons (Fsp3) is 0.0476. The first-order chi connectivity index (χ1) is 12.5. The number of benzene rings is 3. The van der Waals surface area contributed by atoms with Gasteiger partial charge >= 0.3 is 0 Å². The summed E-state index contributed by atoms with van der Waals surface area (Å²) in [6, 6.07) is 21.7. The van der Waals surface area contributed by atoms with Crippen LogP contribution in [0.2, 0.25) is 0 Å². The summed E-state index contributed by atoms with van der Waals surface area (Å²) < 4.78 is 1.03. The molecule has 0 radical (unpaired) electrons.